The van der Waals surface area contributed by atoms with Crippen molar-refractivity contribution in [3.8, 4) is 5.75 Å². The summed E-state index contributed by atoms with van der Waals surface area (Å²) in [5, 5.41) is 9.12. The highest BCUT2D eigenvalue weighted by Crippen LogP contribution is 2.39. The zero-order chi connectivity index (χ0) is 29.3. The SMILES string of the molecule is COc1ccc(CNc2ncc3ccn(C4CCC(CCc5cc6nc(NC(C)(C)C)ccc6cc5Br)C4)c3n2)cc1. The molecule has 2 atom stereocenters. The number of fused-ring (bicyclic) bond motifs is 2. The van der Waals surface area contributed by atoms with Crippen molar-refractivity contribution in [3.05, 3.63) is 82.6 Å². The lowest BCUT2D eigenvalue weighted by Crippen LogP contribution is -2.26. The first kappa shape index (κ1) is 28.5. The smallest absolute Gasteiger partial charge is 0.224 e. The zero-order valence-corrected chi connectivity index (χ0v) is 26.4. The molecule has 42 heavy (non-hydrogen) atoms. The topological polar surface area (TPSA) is 76.9 Å². The van der Waals surface area contributed by atoms with Gasteiger partial charge >= 0.3 is 0 Å². The number of hydrogen-bond acceptors (Lipinski definition) is 6. The monoisotopic (exact) mass is 626 g/mol. The maximum atomic E-state index is 5.26. The van der Waals surface area contributed by atoms with Crippen molar-refractivity contribution in [2.24, 2.45) is 5.92 Å². The van der Waals surface area contributed by atoms with E-state index in [1.165, 1.54) is 35.7 Å². The Hall–Kier alpha value is -3.65. The van der Waals surface area contributed by atoms with Gasteiger partial charge in [-0.25, -0.2) is 9.97 Å². The quantitative estimate of drug-likeness (QED) is 0.171. The number of aryl methyl sites for hydroxylation is 1. The molecular weight excluding hydrogens is 588 g/mol. The lowest BCUT2D eigenvalue weighted by molar-refractivity contribution is 0.414. The first-order chi connectivity index (χ1) is 20.2. The molecular formula is C34H39BrN6O. The Morgan fingerprint density at radius 1 is 1.00 bits per heavy atom. The number of halogens is 1. The average molecular weight is 628 g/mol. The van der Waals surface area contributed by atoms with Crippen LogP contribution in [0, 0.1) is 5.92 Å². The van der Waals surface area contributed by atoms with E-state index in [0.717, 1.165) is 45.5 Å². The van der Waals surface area contributed by atoms with Crippen LogP contribution < -0.4 is 15.4 Å². The molecule has 0 spiro atoms. The molecule has 0 saturated heterocycles. The highest BCUT2D eigenvalue weighted by Gasteiger charge is 2.27. The summed E-state index contributed by atoms with van der Waals surface area (Å²) in [5.74, 6) is 3.12. The lowest BCUT2D eigenvalue weighted by atomic mass is 9.97. The molecule has 218 valence electrons. The van der Waals surface area contributed by atoms with Crippen molar-refractivity contribution < 1.29 is 4.74 Å². The molecule has 1 aliphatic carbocycles. The molecule has 7 nitrogen and oxygen atoms in total. The van der Waals surface area contributed by atoms with Gasteiger partial charge in [-0.2, -0.15) is 4.98 Å². The normalized spacial score (nSPS) is 17.2. The summed E-state index contributed by atoms with van der Waals surface area (Å²) in [6.07, 6.45) is 9.91. The summed E-state index contributed by atoms with van der Waals surface area (Å²) in [6, 6.07) is 19.3. The Kier molecular flexibility index (Phi) is 8.08. The van der Waals surface area contributed by atoms with E-state index in [2.05, 4.69) is 106 Å². The summed E-state index contributed by atoms with van der Waals surface area (Å²) in [6.45, 7) is 7.13. The third kappa shape index (κ3) is 6.54. The predicted molar refractivity (Wildman–Crippen MR) is 175 cm³/mol. The Labute approximate surface area is 256 Å². The Balaban J connectivity index is 1.10. The van der Waals surface area contributed by atoms with Gasteiger partial charge in [-0.1, -0.05) is 28.1 Å². The fourth-order valence-corrected chi connectivity index (χ4v) is 6.56. The third-order valence-corrected chi connectivity index (χ3v) is 8.89. The molecule has 2 aromatic carbocycles. The molecule has 0 radical (unpaired) electrons. The Bertz CT molecular complexity index is 1690. The number of pyridine rings is 1. The zero-order valence-electron chi connectivity index (χ0n) is 24.8. The van der Waals surface area contributed by atoms with Gasteiger partial charge in [0.05, 0.1) is 12.6 Å². The molecule has 1 fully saturated rings. The molecule has 1 aliphatic rings. The van der Waals surface area contributed by atoms with Gasteiger partial charge in [-0.15, -0.1) is 0 Å². The van der Waals surface area contributed by atoms with E-state index >= 15 is 0 Å². The molecule has 6 rings (SSSR count). The van der Waals surface area contributed by atoms with Crippen LogP contribution in [0.25, 0.3) is 21.9 Å². The number of aromatic nitrogens is 4. The number of anilines is 2. The van der Waals surface area contributed by atoms with Gasteiger partial charge in [0.15, 0.2) is 0 Å². The minimum absolute atomic E-state index is 0.0235. The number of benzene rings is 2. The van der Waals surface area contributed by atoms with E-state index in [1.54, 1.807) is 7.11 Å². The number of nitrogens with one attached hydrogen (secondary N) is 2. The lowest BCUT2D eigenvalue weighted by Gasteiger charge is -2.21. The molecule has 3 aromatic heterocycles. The van der Waals surface area contributed by atoms with Crippen LogP contribution >= 0.6 is 15.9 Å². The molecule has 2 unspecified atom stereocenters. The minimum Gasteiger partial charge on any atom is -0.497 e. The Morgan fingerprint density at radius 3 is 2.62 bits per heavy atom. The van der Waals surface area contributed by atoms with Crippen molar-refractivity contribution in [2.75, 3.05) is 17.7 Å². The van der Waals surface area contributed by atoms with Crippen molar-refractivity contribution >= 4 is 49.6 Å². The summed E-state index contributed by atoms with van der Waals surface area (Å²) in [4.78, 5) is 14.4. The maximum absolute atomic E-state index is 5.26. The number of ether oxygens (including phenoxy) is 1. The van der Waals surface area contributed by atoms with Crippen LogP contribution in [0.4, 0.5) is 11.8 Å². The second kappa shape index (κ2) is 11.9. The largest absolute Gasteiger partial charge is 0.497 e. The highest BCUT2D eigenvalue weighted by atomic mass is 79.9. The molecule has 0 bridgehead atoms. The summed E-state index contributed by atoms with van der Waals surface area (Å²) < 4.78 is 8.80. The second-order valence-electron chi connectivity index (χ2n) is 12.5. The predicted octanol–water partition coefficient (Wildman–Crippen LogP) is 8.55. The number of rotatable bonds is 9. The summed E-state index contributed by atoms with van der Waals surface area (Å²) in [5.41, 5.74) is 4.52. The van der Waals surface area contributed by atoms with Gasteiger partial charge in [-0.05, 0) is 112 Å². The molecule has 0 aliphatic heterocycles. The summed E-state index contributed by atoms with van der Waals surface area (Å²) in [7, 11) is 1.68. The molecule has 3 heterocycles. The standard InChI is InChI=1S/C34H39BrN6O/c1-34(2,3)40-31-14-10-25-18-29(35)24(19-30(25)38-31)9-5-22-6-11-27(17-22)41-16-15-26-21-37-33(39-32(26)41)36-20-23-7-12-28(42-4)13-8-23/h7-8,10,12-16,18-19,21-22,27H,5-6,9,11,17,20H2,1-4H3,(H,38,40)(H,36,37,39). The summed E-state index contributed by atoms with van der Waals surface area (Å²) >= 11 is 3.83. The van der Waals surface area contributed by atoms with Gasteiger partial charge in [0.1, 0.15) is 17.2 Å². The van der Waals surface area contributed by atoms with E-state index in [0.29, 0.717) is 24.5 Å². The van der Waals surface area contributed by atoms with Gasteiger partial charge in [-0.3, -0.25) is 0 Å². The van der Waals surface area contributed by atoms with E-state index in [-0.39, 0.29) is 5.54 Å². The van der Waals surface area contributed by atoms with Crippen molar-refractivity contribution in [2.45, 2.75) is 71.0 Å². The van der Waals surface area contributed by atoms with E-state index in [4.69, 9.17) is 14.7 Å². The van der Waals surface area contributed by atoms with Crippen LogP contribution in [-0.2, 0) is 13.0 Å². The van der Waals surface area contributed by atoms with Crippen LogP contribution in [0.15, 0.2) is 71.5 Å². The molecule has 1 saturated carbocycles. The van der Waals surface area contributed by atoms with Crippen molar-refractivity contribution in [1.29, 1.82) is 0 Å². The average Bonchev–Trinajstić information content (AvgIpc) is 3.61. The third-order valence-electron chi connectivity index (χ3n) is 8.15. The number of hydrogen-bond donors (Lipinski definition) is 2. The Morgan fingerprint density at radius 2 is 1.83 bits per heavy atom. The van der Waals surface area contributed by atoms with Crippen molar-refractivity contribution in [3.63, 3.8) is 0 Å². The minimum atomic E-state index is -0.0235. The van der Waals surface area contributed by atoms with Crippen molar-refractivity contribution in [1.82, 2.24) is 19.5 Å². The molecule has 2 N–H and O–H groups in total. The molecule has 8 heteroatoms. The second-order valence-corrected chi connectivity index (χ2v) is 13.3. The van der Waals surface area contributed by atoms with Gasteiger partial charge in [0.25, 0.3) is 0 Å². The van der Waals surface area contributed by atoms with E-state index in [9.17, 15) is 0 Å². The van der Waals surface area contributed by atoms with Crippen LogP contribution in [0.1, 0.15) is 63.6 Å². The van der Waals surface area contributed by atoms with Crippen LogP contribution in [0.2, 0.25) is 0 Å². The van der Waals surface area contributed by atoms with Gasteiger partial charge in [0.2, 0.25) is 5.95 Å². The van der Waals surface area contributed by atoms with Crippen LogP contribution in [-0.4, -0.2) is 32.2 Å². The number of methoxy groups -OCH3 is 1. The highest BCUT2D eigenvalue weighted by molar-refractivity contribution is 9.10. The maximum Gasteiger partial charge on any atom is 0.224 e. The van der Waals surface area contributed by atoms with Crippen LogP contribution in [0.3, 0.4) is 0 Å². The van der Waals surface area contributed by atoms with E-state index in [1.807, 2.05) is 18.3 Å². The first-order valence-corrected chi connectivity index (χ1v) is 15.6. The fourth-order valence-electron chi connectivity index (χ4n) is 6.00. The van der Waals surface area contributed by atoms with Gasteiger partial charge in [0, 0.05) is 45.8 Å². The fraction of sp³-hybridized carbons (Fsp3) is 0.382. The molecule has 0 amide bonds. The number of nitrogens with zero attached hydrogens (tertiary/aromatic N) is 4. The van der Waals surface area contributed by atoms with Crippen LogP contribution in [0.5, 0.6) is 5.75 Å². The van der Waals surface area contributed by atoms with Gasteiger partial charge < -0.3 is 19.9 Å². The molecule has 5 aromatic rings. The van der Waals surface area contributed by atoms with E-state index < -0.39 is 0 Å². The first-order valence-electron chi connectivity index (χ1n) is 14.8.